The van der Waals surface area contributed by atoms with E-state index in [4.69, 9.17) is 4.98 Å². The van der Waals surface area contributed by atoms with Crippen LogP contribution in [0.4, 0.5) is 10.8 Å². The van der Waals surface area contributed by atoms with Gasteiger partial charge in [0.05, 0.1) is 10.2 Å². The van der Waals surface area contributed by atoms with E-state index in [0.717, 1.165) is 42.3 Å². The first-order valence-electron chi connectivity index (χ1n) is 9.08. The summed E-state index contributed by atoms with van der Waals surface area (Å²) in [5.41, 5.74) is 4.40. The van der Waals surface area contributed by atoms with Crippen LogP contribution in [0.3, 0.4) is 0 Å². The molecule has 1 N–H and O–H groups in total. The molecule has 0 radical (unpaired) electrons. The van der Waals surface area contributed by atoms with Crippen molar-refractivity contribution in [1.82, 2.24) is 4.98 Å². The van der Waals surface area contributed by atoms with Gasteiger partial charge >= 0.3 is 0 Å². The summed E-state index contributed by atoms with van der Waals surface area (Å²) in [4.78, 5) is 19.6. The third-order valence-corrected chi connectivity index (χ3v) is 6.07. The van der Waals surface area contributed by atoms with Crippen molar-refractivity contribution in [3.05, 3.63) is 53.6 Å². The summed E-state index contributed by atoms with van der Waals surface area (Å²) >= 11 is 1.75. The van der Waals surface area contributed by atoms with Crippen molar-refractivity contribution in [3.63, 3.8) is 0 Å². The Kier molecular flexibility index (Phi) is 4.64. The summed E-state index contributed by atoms with van der Waals surface area (Å²) in [5, 5.41) is 4.12. The highest BCUT2D eigenvalue weighted by Crippen LogP contribution is 2.32. The molecule has 0 saturated carbocycles. The highest BCUT2D eigenvalue weighted by atomic mass is 32.1. The average molecular weight is 366 g/mol. The summed E-state index contributed by atoms with van der Waals surface area (Å²) in [6, 6.07) is 14.4. The topological polar surface area (TPSA) is 45.2 Å². The van der Waals surface area contributed by atoms with Crippen molar-refractivity contribution in [1.29, 1.82) is 0 Å². The number of carbonyl (C=O) groups excluding carboxylic acids is 1. The molecule has 0 unspecified atom stereocenters. The third-order valence-electron chi connectivity index (χ3n) is 4.99. The van der Waals surface area contributed by atoms with E-state index < -0.39 is 0 Å². The van der Waals surface area contributed by atoms with Crippen LogP contribution >= 0.6 is 11.3 Å². The van der Waals surface area contributed by atoms with E-state index in [0.29, 0.717) is 0 Å². The Labute approximate surface area is 157 Å². The fraction of sp³-hybridized carbons (Fsp3) is 0.333. The van der Waals surface area contributed by atoms with Crippen LogP contribution in [0.2, 0.25) is 0 Å². The van der Waals surface area contributed by atoms with Crippen LogP contribution in [0, 0.1) is 19.8 Å². The van der Waals surface area contributed by atoms with Crippen molar-refractivity contribution >= 4 is 38.3 Å². The molecule has 1 aliphatic heterocycles. The van der Waals surface area contributed by atoms with Crippen molar-refractivity contribution in [2.75, 3.05) is 23.3 Å². The second-order valence-corrected chi connectivity index (χ2v) is 8.09. The molecule has 5 heteroatoms. The fourth-order valence-electron chi connectivity index (χ4n) is 3.37. The normalized spacial score (nSPS) is 15.4. The first-order chi connectivity index (χ1) is 12.6. The van der Waals surface area contributed by atoms with Gasteiger partial charge in [0.1, 0.15) is 0 Å². The lowest BCUT2D eigenvalue weighted by molar-refractivity contribution is -0.120. The van der Waals surface area contributed by atoms with Crippen molar-refractivity contribution in [2.45, 2.75) is 26.7 Å². The Balaban J connectivity index is 1.38. The summed E-state index contributed by atoms with van der Waals surface area (Å²) in [6.07, 6.45) is 1.74. The van der Waals surface area contributed by atoms with Crippen molar-refractivity contribution in [3.8, 4) is 0 Å². The Morgan fingerprint density at radius 1 is 1.08 bits per heavy atom. The van der Waals surface area contributed by atoms with Crippen LogP contribution in [0.25, 0.3) is 10.2 Å². The standard InChI is InChI=1S/C21H23N3OS/c1-14-3-6-17(7-4-14)22-20(25)16-9-11-24(12-10-16)21-23-18-8-5-15(2)13-19(18)26-21/h3-8,13,16H,9-12H2,1-2H3,(H,22,25). The number of nitrogens with zero attached hydrogens (tertiary/aromatic N) is 2. The highest BCUT2D eigenvalue weighted by molar-refractivity contribution is 7.22. The number of thiazole rings is 1. The van der Waals surface area contributed by atoms with Gasteiger partial charge in [-0.05, 0) is 56.5 Å². The number of aryl methyl sites for hydroxylation is 2. The van der Waals surface area contributed by atoms with Crippen LogP contribution in [0.1, 0.15) is 24.0 Å². The van der Waals surface area contributed by atoms with Gasteiger partial charge in [0.15, 0.2) is 5.13 Å². The molecule has 4 nitrogen and oxygen atoms in total. The molecule has 0 bridgehead atoms. The predicted molar refractivity (Wildman–Crippen MR) is 109 cm³/mol. The zero-order valence-electron chi connectivity index (χ0n) is 15.2. The van der Waals surface area contributed by atoms with E-state index in [9.17, 15) is 4.79 Å². The van der Waals surface area contributed by atoms with Crippen LogP contribution < -0.4 is 10.2 Å². The number of carbonyl (C=O) groups is 1. The largest absolute Gasteiger partial charge is 0.348 e. The number of piperidine rings is 1. The second kappa shape index (κ2) is 7.08. The molecule has 0 spiro atoms. The van der Waals surface area contributed by atoms with Gasteiger partial charge in [0.25, 0.3) is 0 Å². The molecule has 1 aliphatic rings. The Morgan fingerprint density at radius 3 is 2.50 bits per heavy atom. The van der Waals surface area contributed by atoms with E-state index in [1.165, 1.54) is 15.8 Å². The summed E-state index contributed by atoms with van der Waals surface area (Å²) in [7, 11) is 0. The number of rotatable bonds is 3. The maximum absolute atomic E-state index is 12.5. The number of nitrogens with one attached hydrogen (secondary N) is 1. The first kappa shape index (κ1) is 17.0. The fourth-order valence-corrected chi connectivity index (χ4v) is 4.48. The van der Waals surface area contributed by atoms with Gasteiger partial charge in [-0.15, -0.1) is 0 Å². The Bertz CT molecular complexity index is 924. The van der Waals surface area contributed by atoms with Gasteiger partial charge < -0.3 is 10.2 Å². The summed E-state index contributed by atoms with van der Waals surface area (Å²) in [6.45, 7) is 5.91. The van der Waals surface area contributed by atoms with E-state index in [1.807, 2.05) is 31.2 Å². The van der Waals surface area contributed by atoms with Crippen molar-refractivity contribution < 1.29 is 4.79 Å². The Morgan fingerprint density at radius 2 is 1.77 bits per heavy atom. The average Bonchev–Trinajstić information content (AvgIpc) is 3.07. The SMILES string of the molecule is Cc1ccc(NC(=O)C2CCN(c3nc4ccc(C)cc4s3)CC2)cc1. The lowest BCUT2D eigenvalue weighted by atomic mass is 9.96. The highest BCUT2D eigenvalue weighted by Gasteiger charge is 2.26. The number of amides is 1. The zero-order chi connectivity index (χ0) is 18.1. The van der Waals surface area contributed by atoms with Crippen LogP contribution in [-0.2, 0) is 4.79 Å². The van der Waals surface area contributed by atoms with E-state index in [2.05, 4.69) is 35.3 Å². The van der Waals surface area contributed by atoms with Crippen LogP contribution in [-0.4, -0.2) is 24.0 Å². The summed E-state index contributed by atoms with van der Waals surface area (Å²) in [5.74, 6) is 0.206. The van der Waals surface area contributed by atoms with Gasteiger partial charge in [-0.3, -0.25) is 4.79 Å². The van der Waals surface area contributed by atoms with E-state index in [-0.39, 0.29) is 11.8 Å². The molecular weight excluding hydrogens is 342 g/mol. The summed E-state index contributed by atoms with van der Waals surface area (Å²) < 4.78 is 1.24. The molecule has 0 aliphatic carbocycles. The lowest BCUT2D eigenvalue weighted by Gasteiger charge is -2.31. The quantitative estimate of drug-likeness (QED) is 0.727. The van der Waals surface area contributed by atoms with Gasteiger partial charge in [-0.1, -0.05) is 35.1 Å². The molecule has 4 rings (SSSR count). The number of aromatic nitrogens is 1. The number of anilines is 2. The number of fused-ring (bicyclic) bond motifs is 1. The minimum Gasteiger partial charge on any atom is -0.348 e. The molecule has 0 atom stereocenters. The molecule has 1 amide bonds. The number of hydrogen-bond donors (Lipinski definition) is 1. The van der Waals surface area contributed by atoms with Gasteiger partial charge in [0.2, 0.25) is 5.91 Å². The molecule has 2 heterocycles. The monoisotopic (exact) mass is 365 g/mol. The van der Waals surface area contributed by atoms with Gasteiger partial charge in [0, 0.05) is 24.7 Å². The van der Waals surface area contributed by atoms with Crippen molar-refractivity contribution in [2.24, 2.45) is 5.92 Å². The minimum absolute atomic E-state index is 0.0733. The smallest absolute Gasteiger partial charge is 0.227 e. The molecule has 1 saturated heterocycles. The second-order valence-electron chi connectivity index (χ2n) is 7.08. The molecule has 26 heavy (non-hydrogen) atoms. The van der Waals surface area contributed by atoms with Crippen LogP contribution in [0.15, 0.2) is 42.5 Å². The molecule has 134 valence electrons. The van der Waals surface area contributed by atoms with E-state index >= 15 is 0 Å². The number of hydrogen-bond acceptors (Lipinski definition) is 4. The minimum atomic E-state index is 0.0733. The van der Waals surface area contributed by atoms with Crippen LogP contribution in [0.5, 0.6) is 0 Å². The predicted octanol–water partition coefficient (Wildman–Crippen LogP) is 4.77. The molecule has 1 fully saturated rings. The van der Waals surface area contributed by atoms with E-state index in [1.54, 1.807) is 11.3 Å². The lowest BCUT2D eigenvalue weighted by Crippen LogP contribution is -2.38. The molecule has 1 aromatic heterocycles. The first-order valence-corrected chi connectivity index (χ1v) is 9.90. The maximum atomic E-state index is 12.5. The molecule has 3 aromatic rings. The zero-order valence-corrected chi connectivity index (χ0v) is 16.0. The third kappa shape index (κ3) is 3.58. The maximum Gasteiger partial charge on any atom is 0.227 e. The molecule has 2 aromatic carbocycles. The van der Waals surface area contributed by atoms with Gasteiger partial charge in [-0.2, -0.15) is 0 Å². The van der Waals surface area contributed by atoms with Gasteiger partial charge in [-0.25, -0.2) is 4.98 Å². The Hall–Kier alpha value is -2.40. The molecular formula is C21H23N3OS. The number of benzene rings is 2.